The molecule has 0 atom stereocenters. The van der Waals surface area contributed by atoms with Crippen LogP contribution in [0.15, 0.2) is 22.8 Å². The fourth-order valence-electron chi connectivity index (χ4n) is 1.57. The predicted octanol–water partition coefficient (Wildman–Crippen LogP) is 3.83. The van der Waals surface area contributed by atoms with Gasteiger partial charge in [-0.15, -0.1) is 0 Å². The SMILES string of the molecule is CCc1[nH]c(-c2ccc(Br)cn2)nc(=S)c1C. The largest absolute Gasteiger partial charge is 0.342 e. The van der Waals surface area contributed by atoms with Crippen molar-refractivity contribution in [1.29, 1.82) is 0 Å². The standard InChI is InChI=1S/C12H12BrN3S/c1-3-9-7(2)12(17)16-11(15-9)10-5-4-8(13)6-14-10/h4-6H,3H2,1-2H3,(H,15,16,17). The average Bonchev–Trinajstić information content (AvgIpc) is 2.33. The molecule has 0 bridgehead atoms. The molecular weight excluding hydrogens is 298 g/mol. The van der Waals surface area contributed by atoms with Crippen molar-refractivity contribution in [1.82, 2.24) is 15.0 Å². The zero-order valence-electron chi connectivity index (χ0n) is 9.62. The highest BCUT2D eigenvalue weighted by atomic mass is 79.9. The maximum Gasteiger partial charge on any atom is 0.157 e. The molecule has 0 saturated carbocycles. The van der Waals surface area contributed by atoms with E-state index in [1.54, 1.807) is 6.20 Å². The monoisotopic (exact) mass is 309 g/mol. The highest BCUT2D eigenvalue weighted by molar-refractivity contribution is 9.10. The number of halogens is 1. The van der Waals surface area contributed by atoms with E-state index in [0.717, 1.165) is 33.7 Å². The van der Waals surface area contributed by atoms with Crippen LogP contribution in [0.2, 0.25) is 0 Å². The Balaban J connectivity index is 2.56. The van der Waals surface area contributed by atoms with Gasteiger partial charge in [0.15, 0.2) is 5.82 Å². The molecule has 0 aliphatic carbocycles. The van der Waals surface area contributed by atoms with Crippen LogP contribution in [0.1, 0.15) is 18.2 Å². The van der Waals surface area contributed by atoms with E-state index in [-0.39, 0.29) is 0 Å². The molecule has 5 heteroatoms. The highest BCUT2D eigenvalue weighted by Crippen LogP contribution is 2.17. The van der Waals surface area contributed by atoms with Gasteiger partial charge in [-0.3, -0.25) is 4.98 Å². The lowest BCUT2D eigenvalue weighted by Crippen LogP contribution is -2.00. The molecular formula is C12H12BrN3S. The van der Waals surface area contributed by atoms with Gasteiger partial charge >= 0.3 is 0 Å². The minimum Gasteiger partial charge on any atom is -0.342 e. The number of pyridine rings is 1. The number of nitrogens with zero attached hydrogens (tertiary/aromatic N) is 2. The number of hydrogen-bond donors (Lipinski definition) is 1. The normalized spacial score (nSPS) is 10.5. The number of aromatic amines is 1. The maximum absolute atomic E-state index is 5.25. The maximum atomic E-state index is 5.25. The summed E-state index contributed by atoms with van der Waals surface area (Å²) in [4.78, 5) is 12.0. The first-order chi connectivity index (χ1) is 8.11. The molecule has 0 aliphatic heterocycles. The van der Waals surface area contributed by atoms with E-state index < -0.39 is 0 Å². The summed E-state index contributed by atoms with van der Waals surface area (Å²) < 4.78 is 1.59. The average molecular weight is 310 g/mol. The predicted molar refractivity (Wildman–Crippen MR) is 74.5 cm³/mol. The van der Waals surface area contributed by atoms with Crippen LogP contribution in [0.4, 0.5) is 0 Å². The fourth-order valence-corrected chi connectivity index (χ4v) is 2.02. The van der Waals surface area contributed by atoms with Crippen molar-refractivity contribution in [2.75, 3.05) is 0 Å². The van der Waals surface area contributed by atoms with E-state index in [4.69, 9.17) is 12.2 Å². The summed E-state index contributed by atoms with van der Waals surface area (Å²) in [5.41, 5.74) is 2.96. The number of nitrogens with one attached hydrogen (secondary N) is 1. The van der Waals surface area contributed by atoms with Crippen molar-refractivity contribution >= 4 is 28.1 Å². The number of H-pyrrole nitrogens is 1. The fraction of sp³-hybridized carbons (Fsp3) is 0.250. The molecule has 0 aromatic carbocycles. The van der Waals surface area contributed by atoms with Crippen LogP contribution in [0.5, 0.6) is 0 Å². The van der Waals surface area contributed by atoms with E-state index in [0.29, 0.717) is 4.64 Å². The minimum absolute atomic E-state index is 0.639. The van der Waals surface area contributed by atoms with E-state index in [2.05, 4.69) is 37.8 Å². The molecule has 0 radical (unpaired) electrons. The van der Waals surface area contributed by atoms with Crippen molar-refractivity contribution in [2.45, 2.75) is 20.3 Å². The summed E-state index contributed by atoms with van der Waals surface area (Å²) >= 11 is 8.61. The van der Waals surface area contributed by atoms with Gasteiger partial charge in [-0.2, -0.15) is 0 Å². The second kappa shape index (κ2) is 5.06. The van der Waals surface area contributed by atoms with Gasteiger partial charge in [0, 0.05) is 21.9 Å². The van der Waals surface area contributed by atoms with E-state index in [1.165, 1.54) is 0 Å². The summed E-state index contributed by atoms with van der Waals surface area (Å²) in [6.07, 6.45) is 2.65. The van der Waals surface area contributed by atoms with Gasteiger partial charge in [0.1, 0.15) is 10.3 Å². The van der Waals surface area contributed by atoms with Gasteiger partial charge < -0.3 is 4.98 Å². The molecule has 2 aromatic heterocycles. The Morgan fingerprint density at radius 2 is 2.18 bits per heavy atom. The van der Waals surface area contributed by atoms with Crippen LogP contribution >= 0.6 is 28.1 Å². The van der Waals surface area contributed by atoms with Crippen molar-refractivity contribution in [2.24, 2.45) is 0 Å². The van der Waals surface area contributed by atoms with Crippen molar-refractivity contribution in [3.05, 3.63) is 38.7 Å². The third kappa shape index (κ3) is 2.61. The molecule has 0 unspecified atom stereocenters. The lowest BCUT2D eigenvalue weighted by molar-refractivity contribution is 0.963. The van der Waals surface area contributed by atoms with Crippen LogP contribution in [0.3, 0.4) is 0 Å². The molecule has 2 aromatic rings. The Kier molecular flexibility index (Phi) is 3.69. The lowest BCUT2D eigenvalue weighted by atomic mass is 10.2. The van der Waals surface area contributed by atoms with Gasteiger partial charge in [0.25, 0.3) is 0 Å². The summed E-state index contributed by atoms with van der Waals surface area (Å²) in [6.45, 7) is 4.08. The van der Waals surface area contributed by atoms with E-state index in [9.17, 15) is 0 Å². The number of aromatic nitrogens is 3. The van der Waals surface area contributed by atoms with Crippen LogP contribution in [0, 0.1) is 11.6 Å². The lowest BCUT2D eigenvalue weighted by Gasteiger charge is -2.07. The Hall–Kier alpha value is -1.07. The van der Waals surface area contributed by atoms with Gasteiger partial charge in [0.05, 0.1) is 0 Å². The molecule has 3 nitrogen and oxygen atoms in total. The zero-order chi connectivity index (χ0) is 12.4. The van der Waals surface area contributed by atoms with Crippen molar-refractivity contribution in [3.8, 4) is 11.5 Å². The molecule has 17 heavy (non-hydrogen) atoms. The van der Waals surface area contributed by atoms with Crippen LogP contribution in [-0.4, -0.2) is 15.0 Å². The summed E-state index contributed by atoms with van der Waals surface area (Å²) in [5.74, 6) is 0.727. The topological polar surface area (TPSA) is 41.6 Å². The van der Waals surface area contributed by atoms with Crippen LogP contribution in [0.25, 0.3) is 11.5 Å². The molecule has 0 spiro atoms. The third-order valence-electron chi connectivity index (χ3n) is 2.58. The molecule has 0 saturated heterocycles. The van der Waals surface area contributed by atoms with Gasteiger partial charge in [-0.25, -0.2) is 4.98 Å². The van der Waals surface area contributed by atoms with Crippen molar-refractivity contribution in [3.63, 3.8) is 0 Å². The second-order valence-corrected chi connectivity index (χ2v) is 5.01. The van der Waals surface area contributed by atoms with Gasteiger partial charge in [0.2, 0.25) is 0 Å². The Labute approximate surface area is 113 Å². The van der Waals surface area contributed by atoms with Gasteiger partial charge in [-0.1, -0.05) is 19.1 Å². The first-order valence-corrected chi connectivity index (χ1v) is 6.53. The molecule has 1 N–H and O–H groups in total. The first-order valence-electron chi connectivity index (χ1n) is 5.33. The second-order valence-electron chi connectivity index (χ2n) is 3.71. The summed E-state index contributed by atoms with van der Waals surface area (Å²) in [6, 6.07) is 3.85. The number of rotatable bonds is 2. The summed E-state index contributed by atoms with van der Waals surface area (Å²) in [5, 5.41) is 0. The molecule has 2 heterocycles. The third-order valence-corrected chi connectivity index (χ3v) is 3.45. The van der Waals surface area contributed by atoms with E-state index >= 15 is 0 Å². The minimum atomic E-state index is 0.639. The molecule has 0 amide bonds. The smallest absolute Gasteiger partial charge is 0.157 e. The first kappa shape index (κ1) is 12.4. The van der Waals surface area contributed by atoms with Crippen LogP contribution in [-0.2, 0) is 6.42 Å². The molecule has 88 valence electrons. The highest BCUT2D eigenvalue weighted by Gasteiger charge is 2.06. The molecule has 2 rings (SSSR count). The molecule has 0 fully saturated rings. The quantitative estimate of drug-likeness (QED) is 0.857. The van der Waals surface area contributed by atoms with Crippen LogP contribution < -0.4 is 0 Å². The summed E-state index contributed by atoms with van der Waals surface area (Å²) in [7, 11) is 0. The zero-order valence-corrected chi connectivity index (χ0v) is 12.0. The Bertz CT molecular complexity index is 590. The van der Waals surface area contributed by atoms with Gasteiger partial charge in [-0.05, 0) is 41.4 Å². The number of aryl methyl sites for hydroxylation is 1. The van der Waals surface area contributed by atoms with Crippen molar-refractivity contribution < 1.29 is 0 Å². The van der Waals surface area contributed by atoms with E-state index in [1.807, 2.05) is 19.1 Å². The Morgan fingerprint density at radius 1 is 1.41 bits per heavy atom. The molecule has 0 aliphatic rings. The number of hydrogen-bond acceptors (Lipinski definition) is 3. The Morgan fingerprint density at radius 3 is 2.76 bits per heavy atom.